The molecule has 6 heteroatoms. The van der Waals surface area contributed by atoms with E-state index in [0.29, 0.717) is 12.4 Å². The number of hydrogen-bond donors (Lipinski definition) is 0. The molecule has 0 atom stereocenters. The summed E-state index contributed by atoms with van der Waals surface area (Å²) >= 11 is 1.55. The molecule has 4 nitrogen and oxygen atoms in total. The van der Waals surface area contributed by atoms with E-state index in [1.807, 2.05) is 20.1 Å². The molecule has 1 amide bonds. The number of carbonyl (C=O) groups excluding carboxylic acids is 2. The molecule has 0 fully saturated rings. The van der Waals surface area contributed by atoms with E-state index in [4.69, 9.17) is 4.79 Å². The van der Waals surface area contributed by atoms with Crippen molar-refractivity contribution in [2.45, 2.75) is 20.8 Å². The van der Waals surface area contributed by atoms with E-state index in [1.54, 1.807) is 30.6 Å². The fraction of sp³-hybridized carbons (Fsp3) is 0.700. The fourth-order valence-corrected chi connectivity index (χ4v) is 0.969. The largest absolute Gasteiger partial charge is 0.653 e. The number of thioether (sulfide) groups is 1. The summed E-state index contributed by atoms with van der Waals surface area (Å²) in [7, 11) is 1.80. The van der Waals surface area contributed by atoms with Crippen LogP contribution in [0.4, 0.5) is 0 Å². The SMILES string of the molecule is CCO[C-]=O.CSCC(=O)N(C)[C-](C)C.[Y]. The molecule has 0 saturated carbocycles. The zero-order chi connectivity index (χ0) is 12.3. The van der Waals surface area contributed by atoms with Gasteiger partial charge in [0.1, 0.15) is 0 Å². The summed E-state index contributed by atoms with van der Waals surface area (Å²) in [5.41, 5.74) is 0. The molecule has 0 bridgehead atoms. The van der Waals surface area contributed by atoms with E-state index in [9.17, 15) is 4.79 Å². The van der Waals surface area contributed by atoms with Gasteiger partial charge in [0.25, 0.3) is 0 Å². The number of carbonyl (C=O) groups is 1. The third-order valence-corrected chi connectivity index (χ3v) is 2.05. The van der Waals surface area contributed by atoms with Crippen LogP contribution in [0.15, 0.2) is 0 Å². The van der Waals surface area contributed by atoms with Gasteiger partial charge in [-0.3, -0.25) is 4.79 Å². The van der Waals surface area contributed by atoms with Crippen LogP contribution in [-0.4, -0.2) is 42.9 Å². The molecule has 93 valence electrons. The molecular formula is C10H19NO3SY-2. The van der Waals surface area contributed by atoms with Crippen molar-refractivity contribution < 1.29 is 47.0 Å². The molecule has 0 unspecified atom stereocenters. The topological polar surface area (TPSA) is 46.6 Å². The average molecular weight is 322 g/mol. The molecule has 1 radical (unpaired) electrons. The Hall–Kier alpha value is 0.394. The van der Waals surface area contributed by atoms with Gasteiger partial charge in [-0.15, -0.1) is 0 Å². The second-order valence-electron chi connectivity index (χ2n) is 2.85. The van der Waals surface area contributed by atoms with Crippen LogP contribution in [0.3, 0.4) is 0 Å². The smallest absolute Gasteiger partial charge is 0.203 e. The van der Waals surface area contributed by atoms with Crippen molar-refractivity contribution in [3.63, 3.8) is 0 Å². The average Bonchev–Trinajstić information content (AvgIpc) is 2.19. The molecule has 0 aliphatic rings. The molecule has 0 aromatic heterocycles. The van der Waals surface area contributed by atoms with Gasteiger partial charge in [-0.05, 0) is 20.2 Å². The molecule has 0 aliphatic heterocycles. The van der Waals surface area contributed by atoms with Crippen LogP contribution in [0.1, 0.15) is 20.8 Å². The second kappa shape index (κ2) is 15.4. The van der Waals surface area contributed by atoms with Crippen LogP contribution in [0.2, 0.25) is 0 Å². The Kier molecular flexibility index (Phi) is 20.8. The van der Waals surface area contributed by atoms with Crippen molar-refractivity contribution in [2.24, 2.45) is 0 Å². The first-order valence-corrected chi connectivity index (χ1v) is 5.95. The minimum atomic E-state index is 0. The van der Waals surface area contributed by atoms with Crippen LogP contribution >= 0.6 is 11.8 Å². The summed E-state index contributed by atoms with van der Waals surface area (Å²) in [5.74, 6) is 0.745. The van der Waals surface area contributed by atoms with Gasteiger partial charge in [0.05, 0.1) is 5.75 Å². The molecule has 0 N–H and O–H groups in total. The molecule has 0 spiro atoms. The van der Waals surface area contributed by atoms with Gasteiger partial charge in [0.2, 0.25) is 5.91 Å². The normalized spacial score (nSPS) is 8.38. The van der Waals surface area contributed by atoms with Crippen LogP contribution < -0.4 is 0 Å². The maximum Gasteiger partial charge on any atom is 0.203 e. The van der Waals surface area contributed by atoms with Crippen LogP contribution in [0, 0.1) is 6.04 Å². The van der Waals surface area contributed by atoms with Crippen molar-refractivity contribution in [1.29, 1.82) is 0 Å². The first kappa shape index (κ1) is 21.7. The number of ether oxygens (including phenoxy) is 1. The van der Waals surface area contributed by atoms with Gasteiger partial charge in [-0.25, -0.2) is 6.04 Å². The molecule has 0 rings (SSSR count). The standard InChI is InChI=1S/C7H14NOS.C3H5O2.Y/c1-6(2)8(3)7(9)5-10-4;1-2-5-3-4;/h5H2,1-4H3;2H2,1H3;/q2*-1;. The molecule has 16 heavy (non-hydrogen) atoms. The minimum Gasteiger partial charge on any atom is -0.653 e. The van der Waals surface area contributed by atoms with Crippen LogP contribution in [0.5, 0.6) is 0 Å². The first-order chi connectivity index (χ1) is 7.01. The molecule has 0 aliphatic carbocycles. The Morgan fingerprint density at radius 3 is 2.19 bits per heavy atom. The van der Waals surface area contributed by atoms with Crippen LogP contribution in [-0.2, 0) is 47.0 Å². The summed E-state index contributed by atoms with van der Waals surface area (Å²) < 4.78 is 4.03. The molecule has 0 saturated heterocycles. The number of hydrogen-bond acceptors (Lipinski definition) is 4. The summed E-state index contributed by atoms with van der Waals surface area (Å²) in [6, 6.07) is 1.04. The zero-order valence-electron chi connectivity index (χ0n) is 10.6. The third-order valence-electron chi connectivity index (χ3n) is 1.52. The summed E-state index contributed by atoms with van der Waals surface area (Å²) in [6.07, 6.45) is 1.93. The van der Waals surface area contributed by atoms with Gasteiger partial charge in [-0.2, -0.15) is 25.6 Å². The summed E-state index contributed by atoms with van der Waals surface area (Å²) in [6.45, 7) is 7.27. The summed E-state index contributed by atoms with van der Waals surface area (Å²) in [4.78, 5) is 21.8. The minimum absolute atomic E-state index is 0. The number of amides is 1. The van der Waals surface area contributed by atoms with Gasteiger partial charge in [0.15, 0.2) is 0 Å². The maximum atomic E-state index is 11.1. The first-order valence-electron chi connectivity index (χ1n) is 4.55. The van der Waals surface area contributed by atoms with Crippen molar-refractivity contribution >= 4 is 24.1 Å². The van der Waals surface area contributed by atoms with E-state index < -0.39 is 0 Å². The Morgan fingerprint density at radius 1 is 1.50 bits per heavy atom. The van der Waals surface area contributed by atoms with E-state index in [0.717, 1.165) is 6.04 Å². The molecule has 0 aromatic rings. The Balaban J connectivity index is -0.000000242. The number of nitrogens with zero attached hydrogens (tertiary/aromatic N) is 1. The van der Waals surface area contributed by atoms with Crippen LogP contribution in [0.25, 0.3) is 0 Å². The third kappa shape index (κ3) is 14.4. The van der Waals surface area contributed by atoms with Gasteiger partial charge < -0.3 is 14.4 Å². The van der Waals surface area contributed by atoms with E-state index in [1.165, 1.54) is 6.47 Å². The molecular weight excluding hydrogens is 303 g/mol. The maximum absolute atomic E-state index is 11.1. The predicted octanol–water partition coefficient (Wildman–Crippen LogP) is 1.47. The monoisotopic (exact) mass is 322 g/mol. The van der Waals surface area contributed by atoms with E-state index >= 15 is 0 Å². The molecule has 0 aromatic carbocycles. The van der Waals surface area contributed by atoms with Crippen molar-refractivity contribution in [1.82, 2.24) is 4.90 Å². The Labute approximate surface area is 128 Å². The zero-order valence-corrected chi connectivity index (χ0v) is 14.2. The Morgan fingerprint density at radius 2 is 2.00 bits per heavy atom. The second-order valence-corrected chi connectivity index (χ2v) is 3.72. The van der Waals surface area contributed by atoms with Gasteiger partial charge >= 0.3 is 0 Å². The van der Waals surface area contributed by atoms with Crippen molar-refractivity contribution in [3.05, 3.63) is 6.04 Å². The van der Waals surface area contributed by atoms with Gasteiger partial charge in [-0.1, -0.05) is 6.47 Å². The summed E-state index contributed by atoms with van der Waals surface area (Å²) in [5, 5.41) is 0. The Bertz CT molecular complexity index is 179. The van der Waals surface area contributed by atoms with Crippen molar-refractivity contribution in [3.8, 4) is 0 Å². The van der Waals surface area contributed by atoms with Gasteiger partial charge in [0, 0.05) is 39.3 Å². The quantitative estimate of drug-likeness (QED) is 0.719. The van der Waals surface area contributed by atoms with E-state index in [-0.39, 0.29) is 38.6 Å². The van der Waals surface area contributed by atoms with E-state index in [2.05, 4.69) is 4.74 Å². The molecule has 0 heterocycles. The fourth-order valence-electron chi connectivity index (χ4n) is 0.529. The predicted molar refractivity (Wildman–Crippen MR) is 63.1 cm³/mol. The number of rotatable bonds is 5. The van der Waals surface area contributed by atoms with Crippen molar-refractivity contribution in [2.75, 3.05) is 25.7 Å².